The fourth-order valence-electron chi connectivity index (χ4n) is 2.17. The second kappa shape index (κ2) is 6.37. The molecular weight excluding hydrogens is 321 g/mol. The Hall–Kier alpha value is -1.39. The van der Waals surface area contributed by atoms with Gasteiger partial charge in [0.15, 0.2) is 0 Å². The summed E-state index contributed by atoms with van der Waals surface area (Å²) in [5.41, 5.74) is 2.56. The molecule has 2 nitrogen and oxygen atoms in total. The summed E-state index contributed by atoms with van der Waals surface area (Å²) in [4.78, 5) is 2.00. The molecule has 1 unspecified atom stereocenters. The van der Waals surface area contributed by atoms with Gasteiger partial charge in [0.2, 0.25) is 0 Å². The molecule has 0 fully saturated rings. The fraction of sp³-hybridized carbons (Fsp3) is 0.250. The van der Waals surface area contributed by atoms with Gasteiger partial charge in [-0.15, -0.1) is 0 Å². The second-order valence-corrected chi connectivity index (χ2v) is 5.68. The number of hydrogen-bond donors (Lipinski definition) is 1. The predicted octanol–water partition coefficient (Wildman–Crippen LogP) is 4.28. The highest BCUT2D eigenvalue weighted by atomic mass is 79.9. The zero-order valence-electron chi connectivity index (χ0n) is 11.5. The minimum atomic E-state index is -0.706. The molecule has 0 heterocycles. The van der Waals surface area contributed by atoms with E-state index in [1.807, 2.05) is 36.2 Å². The first-order valence-corrected chi connectivity index (χ1v) is 7.20. The quantitative estimate of drug-likeness (QED) is 0.900. The largest absolute Gasteiger partial charge is 0.389 e. The van der Waals surface area contributed by atoms with E-state index in [9.17, 15) is 9.50 Å². The van der Waals surface area contributed by atoms with Crippen molar-refractivity contribution in [3.8, 4) is 0 Å². The van der Waals surface area contributed by atoms with Crippen molar-refractivity contribution in [3.05, 3.63) is 63.9 Å². The van der Waals surface area contributed by atoms with Crippen LogP contribution in [0.5, 0.6) is 0 Å². The summed E-state index contributed by atoms with van der Waals surface area (Å²) in [5.74, 6) is -0.334. The first-order valence-electron chi connectivity index (χ1n) is 6.41. The lowest BCUT2D eigenvalue weighted by Crippen LogP contribution is -2.19. The van der Waals surface area contributed by atoms with Gasteiger partial charge >= 0.3 is 0 Å². The molecule has 0 aliphatic heterocycles. The van der Waals surface area contributed by atoms with Crippen LogP contribution in [0.1, 0.15) is 24.2 Å². The van der Waals surface area contributed by atoms with Crippen molar-refractivity contribution in [3.63, 3.8) is 0 Å². The van der Waals surface area contributed by atoms with Gasteiger partial charge in [-0.1, -0.05) is 34.1 Å². The van der Waals surface area contributed by atoms with E-state index in [4.69, 9.17) is 0 Å². The van der Waals surface area contributed by atoms with E-state index in [2.05, 4.69) is 15.9 Å². The fourth-order valence-corrected chi connectivity index (χ4v) is 2.59. The van der Waals surface area contributed by atoms with Crippen molar-refractivity contribution < 1.29 is 9.50 Å². The van der Waals surface area contributed by atoms with Crippen LogP contribution >= 0.6 is 15.9 Å². The molecule has 1 N–H and O–H groups in total. The summed E-state index contributed by atoms with van der Waals surface area (Å²) < 4.78 is 14.4. The SMILES string of the molecule is CC(O)c1cc(F)ccc1N(C)Cc1ccccc1Br. The third-order valence-corrected chi connectivity index (χ3v) is 3.99. The Morgan fingerprint density at radius 3 is 2.60 bits per heavy atom. The van der Waals surface area contributed by atoms with E-state index < -0.39 is 6.10 Å². The Morgan fingerprint density at radius 2 is 1.95 bits per heavy atom. The molecule has 0 aliphatic rings. The normalized spacial score (nSPS) is 12.2. The zero-order chi connectivity index (χ0) is 14.7. The maximum Gasteiger partial charge on any atom is 0.123 e. The molecular formula is C16H17BrFNO. The molecule has 0 amide bonds. The van der Waals surface area contributed by atoms with Gasteiger partial charge in [0.05, 0.1) is 6.10 Å². The summed E-state index contributed by atoms with van der Waals surface area (Å²) in [7, 11) is 1.93. The highest BCUT2D eigenvalue weighted by molar-refractivity contribution is 9.10. The molecule has 0 saturated carbocycles. The molecule has 0 spiro atoms. The average Bonchev–Trinajstić information content (AvgIpc) is 2.41. The van der Waals surface area contributed by atoms with Crippen LogP contribution in [-0.4, -0.2) is 12.2 Å². The molecule has 2 aromatic rings. The van der Waals surface area contributed by atoms with Crippen molar-refractivity contribution >= 4 is 21.6 Å². The number of nitrogens with zero attached hydrogens (tertiary/aromatic N) is 1. The number of rotatable bonds is 4. The summed E-state index contributed by atoms with van der Waals surface area (Å²) in [6.45, 7) is 2.32. The van der Waals surface area contributed by atoms with E-state index in [1.165, 1.54) is 12.1 Å². The van der Waals surface area contributed by atoms with Crippen molar-refractivity contribution in [1.82, 2.24) is 0 Å². The molecule has 2 rings (SSSR count). The molecule has 20 heavy (non-hydrogen) atoms. The molecule has 0 bridgehead atoms. The van der Waals surface area contributed by atoms with Crippen LogP contribution in [0, 0.1) is 5.82 Å². The van der Waals surface area contributed by atoms with Crippen LogP contribution in [0.15, 0.2) is 46.9 Å². The summed E-state index contributed by atoms with van der Waals surface area (Å²) in [5, 5.41) is 9.80. The molecule has 0 aliphatic carbocycles. The molecule has 0 saturated heterocycles. The van der Waals surface area contributed by atoms with Gasteiger partial charge in [0.1, 0.15) is 5.82 Å². The lowest BCUT2D eigenvalue weighted by Gasteiger charge is -2.24. The van der Waals surface area contributed by atoms with Gasteiger partial charge in [-0.05, 0) is 36.8 Å². The van der Waals surface area contributed by atoms with E-state index in [1.54, 1.807) is 13.0 Å². The van der Waals surface area contributed by atoms with E-state index in [0.717, 1.165) is 15.7 Å². The summed E-state index contributed by atoms with van der Waals surface area (Å²) in [6.07, 6.45) is -0.706. The smallest absolute Gasteiger partial charge is 0.123 e. The minimum absolute atomic E-state index is 0.334. The van der Waals surface area contributed by atoms with E-state index in [0.29, 0.717) is 12.1 Å². The second-order valence-electron chi connectivity index (χ2n) is 4.83. The van der Waals surface area contributed by atoms with Crippen LogP contribution in [0.4, 0.5) is 10.1 Å². The van der Waals surface area contributed by atoms with Gasteiger partial charge in [-0.25, -0.2) is 4.39 Å². The van der Waals surface area contributed by atoms with Crippen molar-refractivity contribution in [2.24, 2.45) is 0 Å². The van der Waals surface area contributed by atoms with E-state index >= 15 is 0 Å². The Kier molecular flexibility index (Phi) is 4.78. The highest BCUT2D eigenvalue weighted by Crippen LogP contribution is 2.28. The number of halogens is 2. The standard InChI is InChI=1S/C16H17BrFNO/c1-11(20)14-9-13(18)7-8-16(14)19(2)10-12-5-3-4-6-15(12)17/h3-9,11,20H,10H2,1-2H3. The van der Waals surface area contributed by atoms with Crippen molar-refractivity contribution in [2.45, 2.75) is 19.6 Å². The Balaban J connectivity index is 2.30. The van der Waals surface area contributed by atoms with Gasteiger partial charge in [-0.3, -0.25) is 0 Å². The minimum Gasteiger partial charge on any atom is -0.389 e. The molecule has 0 aromatic heterocycles. The van der Waals surface area contributed by atoms with E-state index in [-0.39, 0.29) is 5.82 Å². The molecule has 4 heteroatoms. The van der Waals surface area contributed by atoms with Crippen LogP contribution in [0.3, 0.4) is 0 Å². The van der Waals surface area contributed by atoms with Gasteiger partial charge in [-0.2, -0.15) is 0 Å². The lowest BCUT2D eigenvalue weighted by molar-refractivity contribution is 0.199. The molecule has 106 valence electrons. The average molecular weight is 338 g/mol. The van der Waals surface area contributed by atoms with Crippen LogP contribution in [0.2, 0.25) is 0 Å². The third-order valence-electron chi connectivity index (χ3n) is 3.22. The first kappa shape index (κ1) is 15.0. The van der Waals surface area contributed by atoms with Gasteiger partial charge < -0.3 is 10.0 Å². The lowest BCUT2D eigenvalue weighted by atomic mass is 10.1. The van der Waals surface area contributed by atoms with Gasteiger partial charge in [0, 0.05) is 29.3 Å². The highest BCUT2D eigenvalue weighted by Gasteiger charge is 2.13. The topological polar surface area (TPSA) is 23.5 Å². The molecule has 2 aromatic carbocycles. The number of hydrogen-bond acceptors (Lipinski definition) is 2. The summed E-state index contributed by atoms with van der Waals surface area (Å²) >= 11 is 3.52. The molecule has 1 atom stereocenters. The number of anilines is 1. The summed E-state index contributed by atoms with van der Waals surface area (Å²) in [6, 6.07) is 12.5. The number of aliphatic hydroxyl groups is 1. The maximum absolute atomic E-state index is 13.3. The van der Waals surface area contributed by atoms with Crippen LogP contribution in [0.25, 0.3) is 0 Å². The van der Waals surface area contributed by atoms with Gasteiger partial charge in [0.25, 0.3) is 0 Å². The molecule has 0 radical (unpaired) electrons. The Morgan fingerprint density at radius 1 is 1.25 bits per heavy atom. The monoisotopic (exact) mass is 337 g/mol. The third kappa shape index (κ3) is 3.38. The number of benzene rings is 2. The van der Waals surface area contributed by atoms with Crippen molar-refractivity contribution in [1.29, 1.82) is 0 Å². The Labute approximate surface area is 127 Å². The zero-order valence-corrected chi connectivity index (χ0v) is 13.1. The predicted molar refractivity (Wildman–Crippen MR) is 83.3 cm³/mol. The van der Waals surface area contributed by atoms with Crippen LogP contribution in [-0.2, 0) is 6.54 Å². The van der Waals surface area contributed by atoms with Crippen molar-refractivity contribution in [2.75, 3.05) is 11.9 Å². The maximum atomic E-state index is 13.3. The number of aliphatic hydroxyl groups excluding tert-OH is 1. The van der Waals surface area contributed by atoms with Crippen LogP contribution < -0.4 is 4.90 Å². The Bertz CT molecular complexity index is 601. The first-order chi connectivity index (χ1) is 9.49.